The molecule has 0 aliphatic carbocycles. The van der Waals surface area contributed by atoms with Gasteiger partial charge in [-0.1, -0.05) is 18.2 Å². The van der Waals surface area contributed by atoms with Crippen molar-refractivity contribution in [2.75, 3.05) is 0 Å². The highest BCUT2D eigenvalue weighted by Gasteiger charge is 2.20. The van der Waals surface area contributed by atoms with E-state index < -0.39 is 6.55 Å². The zero-order valence-electron chi connectivity index (χ0n) is 11.9. The van der Waals surface area contributed by atoms with Gasteiger partial charge in [0, 0.05) is 17.8 Å². The van der Waals surface area contributed by atoms with Crippen LogP contribution in [0.4, 0.5) is 0 Å². The lowest BCUT2D eigenvalue weighted by atomic mass is 9.60. The van der Waals surface area contributed by atoms with Gasteiger partial charge in [0.2, 0.25) is 0 Å². The highest BCUT2D eigenvalue weighted by molar-refractivity contribution is 6.74. The van der Waals surface area contributed by atoms with E-state index in [-0.39, 0.29) is 12.2 Å². The molecule has 0 saturated carbocycles. The Hall–Kier alpha value is -1.24. The average Bonchev–Trinajstić information content (AvgIpc) is 2.26. The van der Waals surface area contributed by atoms with E-state index >= 15 is 0 Å². The molecule has 0 aliphatic rings. The van der Waals surface area contributed by atoms with Gasteiger partial charge < -0.3 is 9.31 Å². The lowest BCUT2D eigenvalue weighted by Gasteiger charge is -2.37. The maximum atomic E-state index is 5.84. The molecule has 0 N–H and O–H groups in total. The third-order valence-corrected chi connectivity index (χ3v) is 2.32. The predicted molar refractivity (Wildman–Crippen MR) is 77.4 cm³/mol. The Kier molecular flexibility index (Phi) is 5.46. The summed E-state index contributed by atoms with van der Waals surface area (Å²) in [6.07, 6.45) is 0.192. The van der Waals surface area contributed by atoms with Crippen LogP contribution in [-0.4, -0.2) is 18.8 Å². The van der Waals surface area contributed by atoms with Gasteiger partial charge in [-0.15, -0.1) is 12.7 Å². The van der Waals surface area contributed by atoms with Crippen LogP contribution in [0.25, 0.3) is 0 Å². The molecular weight excluding hydrogens is 223 g/mol. The molecule has 0 saturated heterocycles. The monoisotopic (exact) mass is 245 g/mol. The normalized spacial score (nSPS) is 11.5. The Bertz CT molecular complexity index is 405. The van der Waals surface area contributed by atoms with Crippen LogP contribution in [0, 0.1) is 11.7 Å². The zero-order chi connectivity index (χ0) is 13.6. The van der Waals surface area contributed by atoms with Crippen LogP contribution in [0.15, 0.2) is 30.3 Å². The fourth-order valence-electron chi connectivity index (χ4n) is 1.87. The molecule has 0 unspecified atom stereocenters. The minimum absolute atomic E-state index is 0.0961. The standard InChI is InChI=1S/C15H22BO2/c1-13(2)17-16(5,18-14(3)4)12-11-15-9-7-6-8-10-15/h6-10,13-14H,1-5H3/q-1. The van der Waals surface area contributed by atoms with E-state index in [2.05, 4.69) is 11.7 Å². The number of hydrogen-bond acceptors (Lipinski definition) is 2. The van der Waals surface area contributed by atoms with Gasteiger partial charge in [-0.05, 0) is 39.8 Å². The Balaban J connectivity index is 2.88. The number of benzene rings is 1. The summed E-state index contributed by atoms with van der Waals surface area (Å²) in [5.74, 6) is 6.27. The molecule has 1 aromatic rings. The number of rotatable bonds is 4. The predicted octanol–water partition coefficient (Wildman–Crippen LogP) is 3.50. The molecule has 3 heteroatoms. The first kappa shape index (κ1) is 14.8. The molecule has 0 fully saturated rings. The molecule has 98 valence electrons. The summed E-state index contributed by atoms with van der Waals surface area (Å²) in [4.78, 5) is 0. The van der Waals surface area contributed by atoms with Crippen molar-refractivity contribution in [2.45, 2.75) is 46.7 Å². The molecule has 0 aliphatic heterocycles. The van der Waals surface area contributed by atoms with Crippen LogP contribution in [-0.2, 0) is 9.31 Å². The van der Waals surface area contributed by atoms with Crippen molar-refractivity contribution < 1.29 is 9.31 Å². The topological polar surface area (TPSA) is 18.5 Å². The SMILES string of the molecule is CC(C)O[B-](C)(C#Cc1ccccc1)OC(C)C. The van der Waals surface area contributed by atoms with Crippen molar-refractivity contribution in [3.05, 3.63) is 35.9 Å². The van der Waals surface area contributed by atoms with Crippen molar-refractivity contribution >= 4 is 6.55 Å². The quantitative estimate of drug-likeness (QED) is 0.597. The summed E-state index contributed by atoms with van der Waals surface area (Å²) in [5.41, 5.74) is 0.977. The Morgan fingerprint density at radius 1 is 0.944 bits per heavy atom. The third kappa shape index (κ3) is 5.40. The van der Waals surface area contributed by atoms with Crippen LogP contribution in [0.3, 0.4) is 0 Å². The van der Waals surface area contributed by atoms with Gasteiger partial charge in [0.15, 0.2) is 0 Å². The fourth-order valence-corrected chi connectivity index (χ4v) is 1.87. The minimum Gasteiger partial charge on any atom is -0.556 e. The van der Waals surface area contributed by atoms with Crippen LogP contribution in [0.5, 0.6) is 0 Å². The minimum atomic E-state index is -1.56. The summed E-state index contributed by atoms with van der Waals surface area (Å²) >= 11 is 0. The first-order chi connectivity index (χ1) is 8.41. The maximum absolute atomic E-state index is 5.84. The third-order valence-electron chi connectivity index (χ3n) is 2.32. The first-order valence-corrected chi connectivity index (χ1v) is 6.53. The molecule has 0 heterocycles. The van der Waals surface area contributed by atoms with E-state index in [1.165, 1.54) is 0 Å². The second-order valence-corrected chi connectivity index (χ2v) is 5.10. The molecule has 2 nitrogen and oxygen atoms in total. The van der Waals surface area contributed by atoms with Crippen molar-refractivity contribution in [1.29, 1.82) is 0 Å². The van der Waals surface area contributed by atoms with Gasteiger partial charge in [-0.2, -0.15) is 0 Å². The van der Waals surface area contributed by atoms with Crippen molar-refractivity contribution in [3.8, 4) is 11.7 Å². The largest absolute Gasteiger partial charge is 0.556 e. The van der Waals surface area contributed by atoms with E-state index in [9.17, 15) is 0 Å². The lowest BCUT2D eigenvalue weighted by molar-refractivity contribution is 0.121. The molecular formula is C15H22BO2-. The molecule has 0 bridgehead atoms. The van der Waals surface area contributed by atoms with E-state index in [1.54, 1.807) is 0 Å². The van der Waals surface area contributed by atoms with Gasteiger partial charge in [0.1, 0.15) is 0 Å². The zero-order valence-corrected chi connectivity index (χ0v) is 11.9. The van der Waals surface area contributed by atoms with Crippen LogP contribution >= 0.6 is 0 Å². The summed E-state index contributed by atoms with van der Waals surface area (Å²) < 4.78 is 11.7. The summed E-state index contributed by atoms with van der Waals surface area (Å²) in [6, 6.07) is 9.88. The van der Waals surface area contributed by atoms with Gasteiger partial charge in [-0.25, -0.2) is 5.82 Å². The maximum Gasteiger partial charge on any atom is 0.312 e. The summed E-state index contributed by atoms with van der Waals surface area (Å²) in [5, 5.41) is 0. The molecule has 1 rings (SSSR count). The Morgan fingerprint density at radius 3 is 1.89 bits per heavy atom. The van der Waals surface area contributed by atoms with Crippen LogP contribution in [0.2, 0.25) is 6.82 Å². The van der Waals surface area contributed by atoms with E-state index in [1.807, 2.05) is 64.8 Å². The van der Waals surface area contributed by atoms with Crippen molar-refractivity contribution in [1.82, 2.24) is 0 Å². The lowest BCUT2D eigenvalue weighted by Crippen LogP contribution is -2.42. The molecule has 0 amide bonds. The highest BCUT2D eigenvalue weighted by atomic mass is 16.6. The van der Waals surface area contributed by atoms with Crippen molar-refractivity contribution in [3.63, 3.8) is 0 Å². The second kappa shape index (κ2) is 6.63. The smallest absolute Gasteiger partial charge is 0.312 e. The van der Waals surface area contributed by atoms with Crippen molar-refractivity contribution in [2.24, 2.45) is 0 Å². The summed E-state index contributed by atoms with van der Waals surface area (Å²) in [6.45, 7) is 8.34. The average molecular weight is 245 g/mol. The molecule has 0 radical (unpaired) electrons. The Labute approximate surface area is 111 Å². The summed E-state index contributed by atoms with van der Waals surface area (Å²) in [7, 11) is 0. The van der Waals surface area contributed by atoms with Gasteiger partial charge >= 0.3 is 6.55 Å². The second-order valence-electron chi connectivity index (χ2n) is 5.10. The molecule has 0 aromatic heterocycles. The van der Waals surface area contributed by atoms with Crippen LogP contribution < -0.4 is 0 Å². The first-order valence-electron chi connectivity index (χ1n) is 6.53. The van der Waals surface area contributed by atoms with E-state index in [0.29, 0.717) is 0 Å². The highest BCUT2D eigenvalue weighted by Crippen LogP contribution is 2.12. The molecule has 0 atom stereocenters. The van der Waals surface area contributed by atoms with E-state index in [0.717, 1.165) is 5.56 Å². The fraction of sp³-hybridized carbons (Fsp3) is 0.467. The van der Waals surface area contributed by atoms with Gasteiger partial charge in [0.05, 0.1) is 0 Å². The van der Waals surface area contributed by atoms with Gasteiger partial charge in [-0.3, -0.25) is 0 Å². The molecule has 1 aromatic carbocycles. The number of hydrogen-bond donors (Lipinski definition) is 0. The van der Waals surface area contributed by atoms with Crippen LogP contribution in [0.1, 0.15) is 33.3 Å². The molecule has 18 heavy (non-hydrogen) atoms. The molecule has 0 spiro atoms. The van der Waals surface area contributed by atoms with Gasteiger partial charge in [0.25, 0.3) is 0 Å². The Morgan fingerprint density at radius 2 is 1.44 bits per heavy atom. The van der Waals surface area contributed by atoms with E-state index in [4.69, 9.17) is 9.31 Å².